The summed E-state index contributed by atoms with van der Waals surface area (Å²) in [5, 5.41) is 7.55. The zero-order valence-corrected chi connectivity index (χ0v) is 17.7. The first kappa shape index (κ1) is 19.4. The van der Waals surface area contributed by atoms with Crippen molar-refractivity contribution in [3.8, 4) is 11.5 Å². The first-order valence-electron chi connectivity index (χ1n) is 10.5. The van der Waals surface area contributed by atoms with Crippen molar-refractivity contribution in [1.82, 2.24) is 15.1 Å². The summed E-state index contributed by atoms with van der Waals surface area (Å²) in [6.45, 7) is 1.62. The molecule has 1 N–H and O–H groups in total. The molecule has 31 heavy (non-hydrogen) atoms. The molecule has 2 heterocycles. The molecule has 1 aliphatic carbocycles. The molecule has 0 spiro atoms. The lowest BCUT2D eigenvalue weighted by Crippen LogP contribution is -2.42. The van der Waals surface area contributed by atoms with Gasteiger partial charge in [0, 0.05) is 36.2 Å². The Morgan fingerprint density at radius 3 is 2.03 bits per heavy atom. The Balaban J connectivity index is 1.58. The Morgan fingerprint density at radius 1 is 0.968 bits per heavy atom. The summed E-state index contributed by atoms with van der Waals surface area (Å²) in [5.74, 6) is 1.64. The molecule has 0 unspecified atom stereocenters. The SMILES string of the molecule is COc1ccc(C2(c3ccc(OC)cc3)C=Cc3c(C(=O)N4CCC4)n[nH]c3C2)cc1. The largest absolute Gasteiger partial charge is 0.497 e. The third kappa shape index (κ3) is 3.19. The molecular formula is C25H25N3O3. The smallest absolute Gasteiger partial charge is 0.274 e. The molecule has 6 nitrogen and oxygen atoms in total. The first-order chi connectivity index (χ1) is 15.1. The molecule has 1 aliphatic heterocycles. The minimum Gasteiger partial charge on any atom is -0.497 e. The molecular weight excluding hydrogens is 390 g/mol. The van der Waals surface area contributed by atoms with Gasteiger partial charge in [0.05, 0.1) is 14.2 Å². The molecule has 1 amide bonds. The number of rotatable bonds is 5. The molecule has 6 heteroatoms. The van der Waals surface area contributed by atoms with Gasteiger partial charge in [0.2, 0.25) is 0 Å². The van der Waals surface area contributed by atoms with Gasteiger partial charge in [0.15, 0.2) is 5.69 Å². The number of amides is 1. The Bertz CT molecular complexity index is 1080. The molecule has 5 rings (SSSR count). The number of hydrogen-bond acceptors (Lipinski definition) is 4. The maximum atomic E-state index is 12.8. The molecule has 0 atom stereocenters. The van der Waals surface area contributed by atoms with E-state index in [4.69, 9.17) is 9.47 Å². The standard InChI is InChI=1S/C25H25N3O3/c1-30-19-8-4-17(5-9-19)25(18-6-10-20(31-2)11-7-18)13-12-21-22(16-25)26-27-23(21)24(29)28-14-3-15-28/h4-13H,3,14-16H2,1-2H3,(H,26,27). The number of methoxy groups -OCH3 is 2. The van der Waals surface area contributed by atoms with Gasteiger partial charge in [-0.05, 0) is 41.8 Å². The van der Waals surface area contributed by atoms with E-state index in [0.717, 1.165) is 53.4 Å². The van der Waals surface area contributed by atoms with Crippen LogP contribution in [0.15, 0.2) is 54.6 Å². The molecule has 0 saturated carbocycles. The minimum atomic E-state index is -0.394. The van der Waals surface area contributed by atoms with E-state index in [0.29, 0.717) is 12.1 Å². The van der Waals surface area contributed by atoms with Crippen LogP contribution in [0.25, 0.3) is 6.08 Å². The van der Waals surface area contributed by atoms with Crippen LogP contribution in [0.2, 0.25) is 0 Å². The van der Waals surface area contributed by atoms with Gasteiger partial charge in [0.1, 0.15) is 11.5 Å². The van der Waals surface area contributed by atoms with Crippen LogP contribution in [0.4, 0.5) is 0 Å². The highest BCUT2D eigenvalue weighted by Gasteiger charge is 2.38. The Kier molecular flexibility index (Phi) is 4.77. The highest BCUT2D eigenvalue weighted by molar-refractivity contribution is 5.97. The van der Waals surface area contributed by atoms with E-state index in [1.54, 1.807) is 14.2 Å². The fraction of sp³-hybridized carbons (Fsp3) is 0.280. The molecule has 1 saturated heterocycles. The predicted octanol–water partition coefficient (Wildman–Crippen LogP) is 3.83. The number of carbonyl (C=O) groups excluding carboxylic acids is 1. The number of likely N-dealkylation sites (tertiary alicyclic amines) is 1. The lowest BCUT2D eigenvalue weighted by atomic mass is 9.68. The predicted molar refractivity (Wildman–Crippen MR) is 119 cm³/mol. The van der Waals surface area contributed by atoms with Crippen molar-refractivity contribution in [2.45, 2.75) is 18.3 Å². The number of ether oxygens (including phenoxy) is 2. The van der Waals surface area contributed by atoms with Gasteiger partial charge in [-0.2, -0.15) is 5.10 Å². The van der Waals surface area contributed by atoms with Gasteiger partial charge in [-0.15, -0.1) is 0 Å². The zero-order valence-electron chi connectivity index (χ0n) is 17.7. The van der Waals surface area contributed by atoms with Gasteiger partial charge in [-0.3, -0.25) is 9.89 Å². The summed E-state index contributed by atoms with van der Waals surface area (Å²) in [7, 11) is 3.34. The second-order valence-electron chi connectivity index (χ2n) is 8.05. The first-order valence-corrected chi connectivity index (χ1v) is 10.5. The highest BCUT2D eigenvalue weighted by Crippen LogP contribution is 2.42. The topological polar surface area (TPSA) is 67.5 Å². The van der Waals surface area contributed by atoms with Gasteiger partial charge in [-0.25, -0.2) is 0 Å². The normalized spacial score (nSPS) is 16.4. The zero-order chi connectivity index (χ0) is 21.4. The number of H-pyrrole nitrogens is 1. The lowest BCUT2D eigenvalue weighted by Gasteiger charge is -2.35. The van der Waals surface area contributed by atoms with Crippen LogP contribution in [-0.2, 0) is 11.8 Å². The van der Waals surface area contributed by atoms with Crippen LogP contribution in [0.1, 0.15) is 39.3 Å². The Labute approximate surface area is 181 Å². The van der Waals surface area contributed by atoms with E-state index in [9.17, 15) is 4.79 Å². The summed E-state index contributed by atoms with van der Waals surface area (Å²) < 4.78 is 10.7. The monoisotopic (exact) mass is 415 g/mol. The van der Waals surface area contributed by atoms with E-state index in [1.807, 2.05) is 35.2 Å². The summed E-state index contributed by atoms with van der Waals surface area (Å²) in [6, 6.07) is 16.3. The number of carbonyl (C=O) groups is 1. The van der Waals surface area contributed by atoms with Crippen molar-refractivity contribution in [1.29, 1.82) is 0 Å². The number of nitrogens with one attached hydrogen (secondary N) is 1. The molecule has 1 aromatic heterocycles. The van der Waals surface area contributed by atoms with E-state index in [-0.39, 0.29) is 5.91 Å². The van der Waals surface area contributed by atoms with Crippen LogP contribution in [0, 0.1) is 0 Å². The highest BCUT2D eigenvalue weighted by atomic mass is 16.5. The molecule has 2 aliphatic rings. The van der Waals surface area contributed by atoms with Crippen molar-refractivity contribution in [3.05, 3.63) is 82.7 Å². The fourth-order valence-corrected chi connectivity index (χ4v) is 4.44. The van der Waals surface area contributed by atoms with Crippen LogP contribution >= 0.6 is 0 Å². The maximum Gasteiger partial charge on any atom is 0.274 e. The van der Waals surface area contributed by atoms with Crippen molar-refractivity contribution < 1.29 is 14.3 Å². The maximum absolute atomic E-state index is 12.8. The summed E-state index contributed by atoms with van der Waals surface area (Å²) in [5.41, 5.74) is 4.28. The molecule has 2 aromatic carbocycles. The van der Waals surface area contributed by atoms with E-state index < -0.39 is 5.41 Å². The van der Waals surface area contributed by atoms with Gasteiger partial charge in [0.25, 0.3) is 5.91 Å². The molecule has 1 fully saturated rings. The third-order valence-corrected chi connectivity index (χ3v) is 6.43. The van der Waals surface area contributed by atoms with E-state index in [1.165, 1.54) is 0 Å². The van der Waals surface area contributed by atoms with Crippen molar-refractivity contribution in [2.75, 3.05) is 27.3 Å². The van der Waals surface area contributed by atoms with Crippen LogP contribution in [0.3, 0.4) is 0 Å². The minimum absolute atomic E-state index is 0.00907. The second kappa shape index (κ2) is 7.61. The van der Waals surface area contributed by atoms with Crippen molar-refractivity contribution in [2.24, 2.45) is 0 Å². The quantitative estimate of drug-likeness (QED) is 0.688. The number of aromatic amines is 1. The van der Waals surface area contributed by atoms with Crippen molar-refractivity contribution >= 4 is 12.0 Å². The number of fused-ring (bicyclic) bond motifs is 1. The number of hydrogen-bond donors (Lipinski definition) is 1. The average molecular weight is 415 g/mol. The average Bonchev–Trinajstić information content (AvgIpc) is 3.21. The summed E-state index contributed by atoms with van der Waals surface area (Å²) in [4.78, 5) is 14.6. The van der Waals surface area contributed by atoms with Gasteiger partial charge < -0.3 is 14.4 Å². The number of allylic oxidation sites excluding steroid dienone is 1. The number of aromatic nitrogens is 2. The number of benzene rings is 2. The van der Waals surface area contributed by atoms with Crippen LogP contribution in [0.5, 0.6) is 11.5 Å². The lowest BCUT2D eigenvalue weighted by molar-refractivity contribution is 0.0645. The molecule has 0 bridgehead atoms. The third-order valence-electron chi connectivity index (χ3n) is 6.43. The molecule has 158 valence electrons. The van der Waals surface area contributed by atoms with Crippen molar-refractivity contribution in [3.63, 3.8) is 0 Å². The molecule has 0 radical (unpaired) electrons. The summed E-state index contributed by atoms with van der Waals surface area (Å²) in [6.07, 6.45) is 5.98. The summed E-state index contributed by atoms with van der Waals surface area (Å²) >= 11 is 0. The fourth-order valence-electron chi connectivity index (χ4n) is 4.44. The Hall–Kier alpha value is -3.54. The van der Waals surface area contributed by atoms with Gasteiger partial charge >= 0.3 is 0 Å². The van der Waals surface area contributed by atoms with E-state index >= 15 is 0 Å². The number of nitrogens with zero attached hydrogens (tertiary/aromatic N) is 2. The molecule has 3 aromatic rings. The Morgan fingerprint density at radius 2 is 1.55 bits per heavy atom. The second-order valence-corrected chi connectivity index (χ2v) is 8.05. The van der Waals surface area contributed by atoms with Crippen LogP contribution < -0.4 is 9.47 Å². The van der Waals surface area contributed by atoms with Gasteiger partial charge in [-0.1, -0.05) is 36.4 Å². The van der Waals surface area contributed by atoms with E-state index in [2.05, 4.69) is 40.5 Å². The van der Waals surface area contributed by atoms with Crippen LogP contribution in [-0.4, -0.2) is 48.3 Å².